The molecule has 1 aromatic heterocycles. The number of nitrogens with one attached hydrogen (secondary N) is 1. The highest BCUT2D eigenvalue weighted by Crippen LogP contribution is 2.14. The number of hydrogen-bond donors (Lipinski definition) is 3. The normalized spacial score (nSPS) is 11.8. The minimum absolute atomic E-state index is 0.0173. The molecule has 3 N–H and O–H groups in total. The van der Waals surface area contributed by atoms with E-state index in [1.165, 1.54) is 12.1 Å². The lowest BCUT2D eigenvalue weighted by Crippen LogP contribution is -2.40. The fourth-order valence-corrected chi connectivity index (χ4v) is 1.69. The van der Waals surface area contributed by atoms with Crippen LogP contribution in [-0.4, -0.2) is 34.1 Å². The summed E-state index contributed by atoms with van der Waals surface area (Å²) in [5, 5.41) is 19.7. The van der Waals surface area contributed by atoms with Crippen molar-refractivity contribution in [1.82, 2.24) is 5.32 Å². The van der Waals surface area contributed by atoms with Gasteiger partial charge in [-0.3, -0.25) is 9.59 Å². The van der Waals surface area contributed by atoms with Gasteiger partial charge in [0, 0.05) is 6.42 Å². The highest BCUT2D eigenvalue weighted by atomic mass is 79.9. The number of carboxylic acid groups (broad SMARTS) is 2. The van der Waals surface area contributed by atoms with Crippen LogP contribution in [0, 0.1) is 0 Å². The Morgan fingerprint density at radius 2 is 2.00 bits per heavy atom. The Morgan fingerprint density at radius 1 is 1.32 bits per heavy atom. The molecule has 0 aromatic carbocycles. The molecule has 0 aliphatic carbocycles. The number of amides is 1. The topological polar surface area (TPSA) is 117 Å². The highest BCUT2D eigenvalue weighted by molar-refractivity contribution is 9.10. The smallest absolute Gasteiger partial charge is 0.326 e. The first kappa shape index (κ1) is 15.2. The van der Waals surface area contributed by atoms with Gasteiger partial charge in [-0.1, -0.05) is 0 Å². The van der Waals surface area contributed by atoms with Gasteiger partial charge in [0.2, 0.25) is 0 Å². The summed E-state index contributed by atoms with van der Waals surface area (Å²) in [5.74, 6) is -2.90. The van der Waals surface area contributed by atoms with Gasteiger partial charge in [-0.15, -0.1) is 0 Å². The number of halogens is 1. The van der Waals surface area contributed by atoms with E-state index < -0.39 is 23.9 Å². The minimum Gasteiger partial charge on any atom is -0.481 e. The van der Waals surface area contributed by atoms with Crippen molar-refractivity contribution >= 4 is 33.8 Å². The number of rotatable bonds is 7. The first-order valence-electron chi connectivity index (χ1n) is 5.41. The van der Waals surface area contributed by atoms with Crippen molar-refractivity contribution in [3.05, 3.63) is 22.6 Å². The Labute approximate surface area is 116 Å². The van der Waals surface area contributed by atoms with Crippen LogP contribution in [0.1, 0.15) is 29.8 Å². The maximum Gasteiger partial charge on any atom is 0.326 e. The maximum absolute atomic E-state index is 11.7. The van der Waals surface area contributed by atoms with E-state index in [-0.39, 0.29) is 25.0 Å². The Kier molecular flexibility index (Phi) is 5.56. The Morgan fingerprint density at radius 3 is 2.47 bits per heavy atom. The van der Waals surface area contributed by atoms with Crippen LogP contribution in [0.25, 0.3) is 0 Å². The fourth-order valence-electron chi connectivity index (χ4n) is 1.38. The summed E-state index contributed by atoms with van der Waals surface area (Å²) in [4.78, 5) is 33.0. The molecule has 1 aromatic rings. The van der Waals surface area contributed by atoms with Crippen molar-refractivity contribution in [2.24, 2.45) is 0 Å². The largest absolute Gasteiger partial charge is 0.481 e. The zero-order valence-electron chi connectivity index (χ0n) is 9.76. The van der Waals surface area contributed by atoms with Crippen LogP contribution in [0.4, 0.5) is 0 Å². The van der Waals surface area contributed by atoms with Crippen LogP contribution in [0.3, 0.4) is 0 Å². The molecule has 0 unspecified atom stereocenters. The van der Waals surface area contributed by atoms with Crippen molar-refractivity contribution in [1.29, 1.82) is 0 Å². The van der Waals surface area contributed by atoms with Crippen molar-refractivity contribution < 1.29 is 29.0 Å². The lowest BCUT2D eigenvalue weighted by Gasteiger charge is -2.12. The fraction of sp³-hybridized carbons (Fsp3) is 0.364. The van der Waals surface area contributed by atoms with Gasteiger partial charge in [0.25, 0.3) is 5.91 Å². The van der Waals surface area contributed by atoms with Crippen molar-refractivity contribution in [2.75, 3.05) is 0 Å². The van der Waals surface area contributed by atoms with E-state index >= 15 is 0 Å². The molecule has 19 heavy (non-hydrogen) atoms. The van der Waals surface area contributed by atoms with E-state index in [1.54, 1.807) is 0 Å². The molecule has 1 heterocycles. The highest BCUT2D eigenvalue weighted by Gasteiger charge is 2.22. The SMILES string of the molecule is O=C(O)CCC[C@@H](NC(=O)c1ccc(Br)o1)C(=O)O. The lowest BCUT2D eigenvalue weighted by molar-refractivity contribution is -0.140. The van der Waals surface area contributed by atoms with Crippen LogP contribution in [0.2, 0.25) is 0 Å². The average Bonchev–Trinajstić information content (AvgIpc) is 2.73. The predicted octanol–water partition coefficient (Wildman–Crippen LogP) is 1.48. The maximum atomic E-state index is 11.7. The summed E-state index contributed by atoms with van der Waals surface area (Å²) < 4.78 is 5.34. The second-order valence-electron chi connectivity index (χ2n) is 3.75. The zero-order valence-corrected chi connectivity index (χ0v) is 11.3. The summed E-state index contributed by atoms with van der Waals surface area (Å²) in [6, 6.07) is 1.76. The Hall–Kier alpha value is -1.83. The van der Waals surface area contributed by atoms with E-state index in [4.69, 9.17) is 14.6 Å². The van der Waals surface area contributed by atoms with Gasteiger partial charge in [-0.05, 0) is 40.9 Å². The molecular weight excluding hydrogens is 322 g/mol. The second kappa shape index (κ2) is 6.93. The number of carbonyl (C=O) groups is 3. The molecule has 0 saturated carbocycles. The molecule has 1 atom stereocenters. The van der Waals surface area contributed by atoms with Crippen molar-refractivity contribution in [3.8, 4) is 0 Å². The lowest BCUT2D eigenvalue weighted by atomic mass is 10.1. The summed E-state index contributed by atoms with van der Waals surface area (Å²) in [6.45, 7) is 0. The third kappa shape index (κ3) is 5.12. The molecule has 8 heteroatoms. The molecule has 0 saturated heterocycles. The second-order valence-corrected chi connectivity index (χ2v) is 4.54. The number of furan rings is 1. The zero-order chi connectivity index (χ0) is 14.4. The number of carbonyl (C=O) groups excluding carboxylic acids is 1. The van der Waals surface area contributed by atoms with Gasteiger partial charge in [0.15, 0.2) is 10.4 Å². The molecule has 104 valence electrons. The summed E-state index contributed by atoms with van der Waals surface area (Å²) in [7, 11) is 0. The van der Waals surface area contributed by atoms with E-state index in [2.05, 4.69) is 21.2 Å². The van der Waals surface area contributed by atoms with Gasteiger partial charge in [0.05, 0.1) is 0 Å². The predicted molar refractivity (Wildman–Crippen MR) is 66.8 cm³/mol. The number of aliphatic carboxylic acids is 2. The molecule has 1 rings (SSSR count). The van der Waals surface area contributed by atoms with Crippen molar-refractivity contribution in [3.63, 3.8) is 0 Å². The molecule has 0 radical (unpaired) electrons. The van der Waals surface area contributed by atoms with Crippen LogP contribution < -0.4 is 5.32 Å². The van der Waals surface area contributed by atoms with Gasteiger partial charge in [-0.2, -0.15) is 0 Å². The van der Waals surface area contributed by atoms with Gasteiger partial charge >= 0.3 is 11.9 Å². The van der Waals surface area contributed by atoms with Gasteiger partial charge in [-0.25, -0.2) is 4.79 Å². The quantitative estimate of drug-likeness (QED) is 0.695. The molecule has 1 amide bonds. The average molecular weight is 334 g/mol. The number of carboxylic acids is 2. The summed E-state index contributed by atoms with van der Waals surface area (Å²) >= 11 is 3.03. The third-order valence-corrected chi connectivity index (χ3v) is 2.71. The van der Waals surface area contributed by atoms with E-state index in [0.717, 1.165) is 0 Å². The van der Waals surface area contributed by atoms with Crippen LogP contribution in [0.15, 0.2) is 21.2 Å². The van der Waals surface area contributed by atoms with E-state index in [0.29, 0.717) is 4.67 Å². The molecular formula is C11H12BrNO6. The molecule has 7 nitrogen and oxygen atoms in total. The Balaban J connectivity index is 2.55. The third-order valence-electron chi connectivity index (χ3n) is 2.28. The molecule has 0 aliphatic rings. The van der Waals surface area contributed by atoms with Gasteiger partial charge < -0.3 is 19.9 Å². The Bertz CT molecular complexity index is 483. The first-order chi connectivity index (χ1) is 8.90. The molecule has 0 spiro atoms. The van der Waals surface area contributed by atoms with E-state index in [9.17, 15) is 14.4 Å². The molecule has 0 bridgehead atoms. The standard InChI is InChI=1S/C11H12BrNO6/c12-8-5-4-7(19-8)10(16)13-6(11(17)18)2-1-3-9(14)15/h4-6H,1-3H2,(H,13,16)(H,14,15)(H,17,18)/t6-/m1/s1. The summed E-state index contributed by atoms with van der Waals surface area (Å²) in [6.07, 6.45) is 0.0512. The van der Waals surface area contributed by atoms with Crippen molar-refractivity contribution in [2.45, 2.75) is 25.3 Å². The van der Waals surface area contributed by atoms with E-state index in [1.807, 2.05) is 0 Å². The minimum atomic E-state index is -1.22. The number of hydrogen-bond acceptors (Lipinski definition) is 4. The monoisotopic (exact) mass is 333 g/mol. The first-order valence-corrected chi connectivity index (χ1v) is 6.20. The van der Waals surface area contributed by atoms with Crippen LogP contribution >= 0.6 is 15.9 Å². The van der Waals surface area contributed by atoms with Gasteiger partial charge in [0.1, 0.15) is 6.04 Å². The summed E-state index contributed by atoms with van der Waals surface area (Å²) in [5.41, 5.74) is 0. The van der Waals surface area contributed by atoms with Crippen LogP contribution in [-0.2, 0) is 9.59 Å². The molecule has 0 aliphatic heterocycles. The van der Waals surface area contributed by atoms with Crippen LogP contribution in [0.5, 0.6) is 0 Å². The molecule has 0 fully saturated rings.